The first-order valence-corrected chi connectivity index (χ1v) is 5.46. The van der Waals surface area contributed by atoms with Gasteiger partial charge in [0.2, 0.25) is 5.91 Å². The molecule has 3 N–H and O–H groups in total. The standard InChI is InChI=1S/C8H15NO3S/c10-4-6(5-11)9-8(12)7-2-1-3-13-7/h6-7,10-11H,1-5H2,(H,9,12). The number of nitrogens with one attached hydrogen (secondary N) is 1. The zero-order valence-electron chi connectivity index (χ0n) is 7.40. The van der Waals surface area contributed by atoms with Crippen LogP contribution in [-0.4, -0.2) is 46.4 Å². The third-order valence-electron chi connectivity index (χ3n) is 2.01. The van der Waals surface area contributed by atoms with Gasteiger partial charge in [0.1, 0.15) is 0 Å². The molecule has 0 aromatic carbocycles. The SMILES string of the molecule is O=C(NC(CO)CO)C1CCCS1. The maximum absolute atomic E-state index is 11.4. The Morgan fingerprint density at radius 3 is 2.69 bits per heavy atom. The normalized spacial score (nSPS) is 22.2. The summed E-state index contributed by atoms with van der Waals surface area (Å²) in [4.78, 5) is 11.4. The third-order valence-corrected chi connectivity index (χ3v) is 3.39. The van der Waals surface area contributed by atoms with Crippen LogP contribution in [-0.2, 0) is 4.79 Å². The van der Waals surface area contributed by atoms with Gasteiger partial charge in [-0.25, -0.2) is 0 Å². The zero-order chi connectivity index (χ0) is 9.68. The van der Waals surface area contributed by atoms with Crippen LogP contribution in [0.2, 0.25) is 0 Å². The first-order chi connectivity index (χ1) is 6.27. The number of carbonyl (C=O) groups is 1. The Morgan fingerprint density at radius 1 is 1.54 bits per heavy atom. The molecular weight excluding hydrogens is 190 g/mol. The number of hydrogen-bond donors (Lipinski definition) is 3. The van der Waals surface area contributed by atoms with Crippen LogP contribution in [0, 0.1) is 0 Å². The molecule has 13 heavy (non-hydrogen) atoms. The second-order valence-corrected chi connectivity index (χ2v) is 4.38. The fraction of sp³-hybridized carbons (Fsp3) is 0.875. The molecule has 4 nitrogen and oxygen atoms in total. The largest absolute Gasteiger partial charge is 0.394 e. The molecular formula is C8H15NO3S. The molecule has 0 saturated carbocycles. The van der Waals surface area contributed by atoms with Crippen molar-refractivity contribution in [2.45, 2.75) is 24.1 Å². The first-order valence-electron chi connectivity index (χ1n) is 4.41. The second kappa shape index (κ2) is 5.47. The number of rotatable bonds is 4. The minimum absolute atomic E-state index is 0.0144. The maximum Gasteiger partial charge on any atom is 0.233 e. The average Bonchev–Trinajstić information content (AvgIpc) is 2.66. The van der Waals surface area contributed by atoms with E-state index in [0.717, 1.165) is 18.6 Å². The number of aliphatic hydroxyl groups excluding tert-OH is 2. The molecule has 0 radical (unpaired) electrons. The molecule has 0 bridgehead atoms. The van der Waals surface area contributed by atoms with E-state index in [9.17, 15) is 4.79 Å². The Balaban J connectivity index is 2.30. The van der Waals surface area contributed by atoms with E-state index in [4.69, 9.17) is 10.2 Å². The van der Waals surface area contributed by atoms with E-state index in [1.807, 2.05) is 0 Å². The van der Waals surface area contributed by atoms with Gasteiger partial charge in [0.25, 0.3) is 0 Å². The highest BCUT2D eigenvalue weighted by molar-refractivity contribution is 8.00. The van der Waals surface area contributed by atoms with E-state index < -0.39 is 6.04 Å². The molecule has 0 aromatic rings. The van der Waals surface area contributed by atoms with Gasteiger partial charge in [0.05, 0.1) is 24.5 Å². The van der Waals surface area contributed by atoms with E-state index in [1.54, 1.807) is 11.8 Å². The molecule has 1 fully saturated rings. The summed E-state index contributed by atoms with van der Waals surface area (Å²) in [5, 5.41) is 20.1. The van der Waals surface area contributed by atoms with Crippen molar-refractivity contribution in [3.63, 3.8) is 0 Å². The fourth-order valence-electron chi connectivity index (χ4n) is 1.23. The van der Waals surface area contributed by atoms with Gasteiger partial charge in [-0.2, -0.15) is 0 Å². The second-order valence-electron chi connectivity index (χ2n) is 3.07. The van der Waals surface area contributed by atoms with Crippen LogP contribution < -0.4 is 5.32 Å². The minimum atomic E-state index is -0.506. The van der Waals surface area contributed by atoms with Gasteiger partial charge in [-0.15, -0.1) is 11.8 Å². The highest BCUT2D eigenvalue weighted by atomic mass is 32.2. The quantitative estimate of drug-likeness (QED) is 0.570. The number of carbonyl (C=O) groups excluding carboxylic acids is 1. The molecule has 1 aliphatic heterocycles. The molecule has 1 saturated heterocycles. The lowest BCUT2D eigenvalue weighted by atomic mass is 10.2. The Bertz CT molecular complexity index is 167. The van der Waals surface area contributed by atoms with Crippen molar-refractivity contribution in [1.29, 1.82) is 0 Å². The van der Waals surface area contributed by atoms with Crippen molar-refractivity contribution in [2.24, 2.45) is 0 Å². The van der Waals surface area contributed by atoms with E-state index in [1.165, 1.54) is 0 Å². The van der Waals surface area contributed by atoms with Crippen LogP contribution in [0.25, 0.3) is 0 Å². The summed E-state index contributed by atoms with van der Waals surface area (Å²) in [5.74, 6) is 0.969. The zero-order valence-corrected chi connectivity index (χ0v) is 8.22. The van der Waals surface area contributed by atoms with E-state index in [0.29, 0.717) is 0 Å². The van der Waals surface area contributed by atoms with Crippen molar-refractivity contribution < 1.29 is 15.0 Å². The van der Waals surface area contributed by atoms with E-state index in [2.05, 4.69) is 5.32 Å². The predicted octanol–water partition coefficient (Wildman–Crippen LogP) is -0.649. The van der Waals surface area contributed by atoms with Crippen LogP contribution in [0.15, 0.2) is 0 Å². The van der Waals surface area contributed by atoms with Gasteiger partial charge in [0.15, 0.2) is 0 Å². The molecule has 1 atom stereocenters. The van der Waals surface area contributed by atoms with Crippen LogP contribution in [0.3, 0.4) is 0 Å². The Hall–Kier alpha value is -0.260. The van der Waals surface area contributed by atoms with Gasteiger partial charge in [-0.05, 0) is 18.6 Å². The average molecular weight is 205 g/mol. The molecule has 0 spiro atoms. The predicted molar refractivity (Wildman–Crippen MR) is 51.6 cm³/mol. The number of amides is 1. The van der Waals surface area contributed by atoms with Crippen LogP contribution in [0.1, 0.15) is 12.8 Å². The van der Waals surface area contributed by atoms with Gasteiger partial charge in [0, 0.05) is 0 Å². The van der Waals surface area contributed by atoms with Gasteiger partial charge in [-0.3, -0.25) is 4.79 Å². The van der Waals surface area contributed by atoms with Crippen molar-refractivity contribution in [2.75, 3.05) is 19.0 Å². The molecule has 5 heteroatoms. The summed E-state index contributed by atoms with van der Waals surface area (Å²) in [6.45, 7) is -0.417. The van der Waals surface area contributed by atoms with Gasteiger partial charge in [-0.1, -0.05) is 0 Å². The maximum atomic E-state index is 11.4. The Kier molecular flexibility index (Phi) is 4.55. The van der Waals surface area contributed by atoms with Crippen molar-refractivity contribution in [3.8, 4) is 0 Å². The topological polar surface area (TPSA) is 69.6 Å². The van der Waals surface area contributed by atoms with E-state index >= 15 is 0 Å². The third kappa shape index (κ3) is 3.17. The van der Waals surface area contributed by atoms with Gasteiger partial charge < -0.3 is 15.5 Å². The highest BCUT2D eigenvalue weighted by Crippen LogP contribution is 2.25. The molecule has 1 aliphatic rings. The number of aliphatic hydroxyl groups is 2. The lowest BCUT2D eigenvalue weighted by molar-refractivity contribution is -0.121. The van der Waals surface area contributed by atoms with Crippen LogP contribution in [0.4, 0.5) is 0 Å². The number of hydrogen-bond acceptors (Lipinski definition) is 4. The molecule has 1 rings (SSSR count). The lowest BCUT2D eigenvalue weighted by Gasteiger charge is -2.15. The minimum Gasteiger partial charge on any atom is -0.394 e. The van der Waals surface area contributed by atoms with E-state index in [-0.39, 0.29) is 24.4 Å². The van der Waals surface area contributed by atoms with Gasteiger partial charge >= 0.3 is 0 Å². The highest BCUT2D eigenvalue weighted by Gasteiger charge is 2.24. The summed E-state index contributed by atoms with van der Waals surface area (Å²) in [6, 6.07) is -0.506. The smallest absolute Gasteiger partial charge is 0.233 e. The fourth-order valence-corrected chi connectivity index (χ4v) is 2.40. The van der Waals surface area contributed by atoms with Crippen LogP contribution >= 0.6 is 11.8 Å². The van der Waals surface area contributed by atoms with Crippen LogP contribution in [0.5, 0.6) is 0 Å². The first kappa shape index (κ1) is 10.8. The van der Waals surface area contributed by atoms with Crippen molar-refractivity contribution >= 4 is 17.7 Å². The molecule has 0 aromatic heterocycles. The summed E-state index contributed by atoms with van der Waals surface area (Å²) in [7, 11) is 0. The molecule has 1 amide bonds. The van der Waals surface area contributed by atoms with Crippen molar-refractivity contribution in [1.82, 2.24) is 5.32 Å². The monoisotopic (exact) mass is 205 g/mol. The molecule has 76 valence electrons. The summed E-state index contributed by atoms with van der Waals surface area (Å²) in [6.07, 6.45) is 1.98. The summed E-state index contributed by atoms with van der Waals surface area (Å²) in [5.41, 5.74) is 0. The Morgan fingerprint density at radius 2 is 2.23 bits per heavy atom. The van der Waals surface area contributed by atoms with Crippen molar-refractivity contribution in [3.05, 3.63) is 0 Å². The molecule has 1 heterocycles. The summed E-state index contributed by atoms with van der Waals surface area (Å²) < 4.78 is 0. The summed E-state index contributed by atoms with van der Waals surface area (Å²) >= 11 is 1.64. The molecule has 0 aliphatic carbocycles. The lowest BCUT2D eigenvalue weighted by Crippen LogP contribution is -2.43. The Labute approximate surface area is 81.7 Å². The number of thioether (sulfide) groups is 1. The molecule has 1 unspecified atom stereocenters.